The number of nitrogens with one attached hydrogen (secondary N) is 1. The normalized spacial score (nSPS) is 11.5. The largest absolute Gasteiger partial charge is 1.00 e. The summed E-state index contributed by atoms with van der Waals surface area (Å²) in [4.78, 5) is 0. The molecule has 0 unspecified atom stereocenters. The van der Waals surface area contributed by atoms with Crippen molar-refractivity contribution < 1.29 is 52.1 Å². The van der Waals surface area contributed by atoms with Crippen LogP contribution in [0.15, 0.2) is 21.6 Å². The summed E-state index contributed by atoms with van der Waals surface area (Å²) in [7, 11) is -4.57. The standard InChI is InChI=1S/C5H5NO5S.Na/c7-6-3-4-1-2-5(11-4)12(8,9)10;/h1-3,6H,(H-,7,8,9,10);/q;+1/p-1. The summed E-state index contributed by atoms with van der Waals surface area (Å²) >= 11 is 0. The van der Waals surface area contributed by atoms with Crippen molar-refractivity contribution in [2.45, 2.75) is 5.09 Å². The summed E-state index contributed by atoms with van der Waals surface area (Å²) in [5.74, 6) is -0.0144. The third-order valence-electron chi connectivity index (χ3n) is 1.05. The molecule has 66 valence electrons. The van der Waals surface area contributed by atoms with Crippen molar-refractivity contribution in [2.75, 3.05) is 0 Å². The Morgan fingerprint density at radius 2 is 2.08 bits per heavy atom. The van der Waals surface area contributed by atoms with Gasteiger partial charge in [0.25, 0.3) is 0 Å². The first-order valence-corrected chi connectivity index (χ1v) is 4.21. The van der Waals surface area contributed by atoms with E-state index in [1.165, 1.54) is 11.2 Å². The molecule has 1 heterocycles. The first kappa shape index (κ1) is 12.7. The van der Waals surface area contributed by atoms with Gasteiger partial charge in [0.05, 0.1) is 0 Å². The van der Waals surface area contributed by atoms with Crippen LogP contribution in [0.25, 0.3) is 0 Å². The summed E-state index contributed by atoms with van der Waals surface area (Å²) in [5, 5.41) is 10.4. The fourth-order valence-corrected chi connectivity index (χ4v) is 1.04. The Morgan fingerprint density at radius 1 is 1.46 bits per heavy atom. The molecule has 8 heteroatoms. The average molecular weight is 213 g/mol. The Bertz CT molecular complexity index is 395. The van der Waals surface area contributed by atoms with Crippen LogP contribution < -0.4 is 34.7 Å². The van der Waals surface area contributed by atoms with Crippen molar-refractivity contribution >= 4 is 16.3 Å². The van der Waals surface area contributed by atoms with Gasteiger partial charge in [0.2, 0.25) is 11.3 Å². The molecule has 0 aliphatic carbocycles. The summed E-state index contributed by atoms with van der Waals surface area (Å²) in [6.07, 6.45) is 0.884. The number of rotatable bonds is 2. The fourth-order valence-electron chi connectivity index (χ4n) is 0.604. The monoisotopic (exact) mass is 213 g/mol. The van der Waals surface area contributed by atoms with E-state index >= 15 is 0 Å². The molecule has 1 aromatic rings. The maximum atomic E-state index is 10.3. The predicted molar refractivity (Wildman–Crippen MR) is 36.2 cm³/mol. The van der Waals surface area contributed by atoms with E-state index < -0.39 is 15.2 Å². The fraction of sp³-hybridized carbons (Fsp3) is 0. The zero-order valence-electron chi connectivity index (χ0n) is 6.68. The minimum atomic E-state index is -4.57. The molecule has 1 N–H and O–H groups in total. The van der Waals surface area contributed by atoms with Gasteiger partial charge in [-0.15, -0.1) is 0 Å². The van der Waals surface area contributed by atoms with E-state index in [4.69, 9.17) is 0 Å². The van der Waals surface area contributed by atoms with Crippen molar-refractivity contribution in [3.05, 3.63) is 23.1 Å². The third kappa shape index (κ3) is 3.49. The minimum Gasteiger partial charge on any atom is -0.742 e. The minimum absolute atomic E-state index is 0. The van der Waals surface area contributed by atoms with Gasteiger partial charge >= 0.3 is 29.6 Å². The van der Waals surface area contributed by atoms with Crippen LogP contribution in [0.1, 0.15) is 5.76 Å². The summed E-state index contributed by atoms with van der Waals surface area (Å²) in [6.45, 7) is 0. The molecule has 0 aliphatic heterocycles. The predicted octanol–water partition coefficient (Wildman–Crippen LogP) is -4.81. The van der Waals surface area contributed by atoms with Crippen LogP contribution >= 0.6 is 0 Å². The van der Waals surface area contributed by atoms with Crippen molar-refractivity contribution in [3.63, 3.8) is 0 Å². The second kappa shape index (κ2) is 4.77. The number of hydrogen-bond acceptors (Lipinski definition) is 5. The van der Waals surface area contributed by atoms with Gasteiger partial charge in [-0.3, -0.25) is 0 Å². The van der Waals surface area contributed by atoms with E-state index in [1.807, 2.05) is 0 Å². The second-order valence-corrected chi connectivity index (χ2v) is 3.18. The molecular weight excluding hydrogens is 209 g/mol. The molecule has 0 spiro atoms. The van der Waals surface area contributed by atoms with E-state index in [9.17, 15) is 18.2 Å². The van der Waals surface area contributed by atoms with E-state index in [2.05, 4.69) is 4.42 Å². The van der Waals surface area contributed by atoms with Crippen LogP contribution in [-0.4, -0.2) is 19.2 Å². The van der Waals surface area contributed by atoms with Gasteiger partial charge in [-0.25, -0.2) is 13.6 Å². The first-order valence-electron chi connectivity index (χ1n) is 2.80. The maximum Gasteiger partial charge on any atom is 1.00 e. The summed E-state index contributed by atoms with van der Waals surface area (Å²) in [6, 6.07) is 2.17. The van der Waals surface area contributed by atoms with Crippen LogP contribution in [0.2, 0.25) is 0 Å². The number of furan rings is 1. The first-order chi connectivity index (χ1) is 5.54. The van der Waals surface area contributed by atoms with Crippen molar-refractivity contribution in [1.29, 1.82) is 0 Å². The molecule has 0 atom stereocenters. The Balaban J connectivity index is 0.00000144. The van der Waals surface area contributed by atoms with Crippen LogP contribution in [0.4, 0.5) is 0 Å². The van der Waals surface area contributed by atoms with Crippen LogP contribution in [0, 0.1) is 5.21 Å². The molecule has 0 radical (unpaired) electrons. The smallest absolute Gasteiger partial charge is 0.742 e. The zero-order chi connectivity index (χ0) is 9.19. The molecule has 0 aromatic carbocycles. The molecule has 0 aliphatic rings. The molecule has 1 rings (SSSR count). The Morgan fingerprint density at radius 3 is 2.46 bits per heavy atom. The molecule has 0 amide bonds. The Kier molecular flexibility index (Phi) is 4.65. The molecule has 0 bridgehead atoms. The van der Waals surface area contributed by atoms with Crippen LogP contribution in [0.3, 0.4) is 0 Å². The zero-order valence-corrected chi connectivity index (χ0v) is 9.50. The molecule has 6 nitrogen and oxygen atoms in total. The van der Waals surface area contributed by atoms with Crippen molar-refractivity contribution in [2.24, 2.45) is 0 Å². The van der Waals surface area contributed by atoms with Crippen molar-refractivity contribution in [1.82, 2.24) is 0 Å². The Hall–Kier alpha value is -0.340. The average Bonchev–Trinajstić information content (AvgIpc) is 2.35. The molecule has 0 saturated carbocycles. The Labute approximate surface area is 96.3 Å². The molecule has 0 saturated heterocycles. The molecule has 0 fully saturated rings. The van der Waals surface area contributed by atoms with E-state index in [0.29, 0.717) is 0 Å². The molecule has 13 heavy (non-hydrogen) atoms. The van der Waals surface area contributed by atoms with Gasteiger partial charge in [-0.05, 0) is 12.1 Å². The molecule has 1 aromatic heterocycles. The summed E-state index contributed by atoms with van der Waals surface area (Å²) in [5.41, 5.74) is 0. The van der Waals surface area contributed by atoms with Crippen molar-refractivity contribution in [3.8, 4) is 0 Å². The van der Waals surface area contributed by atoms with Gasteiger partial charge in [-0.1, -0.05) is 0 Å². The third-order valence-corrected chi connectivity index (χ3v) is 1.76. The molecular formula is C5H4NNaO5S. The van der Waals surface area contributed by atoms with Crippen LogP contribution in [0.5, 0.6) is 0 Å². The van der Waals surface area contributed by atoms with E-state index in [-0.39, 0.29) is 35.3 Å². The van der Waals surface area contributed by atoms with Gasteiger partial charge in [-0.2, -0.15) is 0 Å². The van der Waals surface area contributed by atoms with Crippen LogP contribution in [-0.2, 0) is 10.1 Å². The SMILES string of the molecule is O=S(=O)([O-])c1ccc(C=[NH+][O-])o1.[Na+]. The number of hydrogen-bond donors (Lipinski definition) is 1. The second-order valence-electron chi connectivity index (χ2n) is 1.87. The topological polar surface area (TPSA) is 107 Å². The van der Waals surface area contributed by atoms with E-state index in [0.717, 1.165) is 12.3 Å². The van der Waals surface area contributed by atoms with Gasteiger partial charge in [0.1, 0.15) is 0 Å². The van der Waals surface area contributed by atoms with Gasteiger partial charge in [0.15, 0.2) is 15.9 Å². The maximum absolute atomic E-state index is 10.3. The summed E-state index contributed by atoms with van der Waals surface area (Å²) < 4.78 is 35.3. The quantitative estimate of drug-likeness (QED) is 0.174. The van der Waals surface area contributed by atoms with Gasteiger partial charge in [0, 0.05) is 0 Å². The van der Waals surface area contributed by atoms with Gasteiger partial charge < -0.3 is 14.2 Å². The van der Waals surface area contributed by atoms with E-state index in [1.54, 1.807) is 0 Å².